The Morgan fingerprint density at radius 3 is 2.68 bits per heavy atom. The molecular formula is C18H21Cl2NO. The highest BCUT2D eigenvalue weighted by molar-refractivity contribution is 6.42. The zero-order valence-electron chi connectivity index (χ0n) is 12.9. The number of nitrogens with one attached hydrogen (secondary N) is 1. The van der Waals surface area contributed by atoms with Crippen LogP contribution in [0.3, 0.4) is 0 Å². The van der Waals surface area contributed by atoms with Gasteiger partial charge in [-0.05, 0) is 55.6 Å². The van der Waals surface area contributed by atoms with E-state index >= 15 is 0 Å². The van der Waals surface area contributed by atoms with Gasteiger partial charge < -0.3 is 10.1 Å². The Bertz CT molecular complexity index is 616. The fourth-order valence-electron chi connectivity index (χ4n) is 2.37. The second-order valence-corrected chi connectivity index (χ2v) is 6.05. The normalized spacial score (nSPS) is 12.2. The molecule has 0 radical (unpaired) electrons. The average molecular weight is 338 g/mol. The zero-order chi connectivity index (χ0) is 15.9. The van der Waals surface area contributed by atoms with Crippen molar-refractivity contribution in [3.8, 4) is 5.75 Å². The Morgan fingerprint density at radius 1 is 1.14 bits per heavy atom. The van der Waals surface area contributed by atoms with Crippen LogP contribution in [-0.2, 0) is 6.42 Å². The Kier molecular flexibility index (Phi) is 6.56. The van der Waals surface area contributed by atoms with Crippen molar-refractivity contribution in [3.05, 3.63) is 63.6 Å². The highest BCUT2D eigenvalue weighted by Gasteiger charge is 2.07. The number of halogens is 2. The van der Waals surface area contributed by atoms with Crippen LogP contribution in [0.25, 0.3) is 0 Å². The number of methoxy groups -OCH3 is 1. The molecule has 0 amide bonds. The standard InChI is InChI=1S/C18H21Cl2NO/c1-13(15-7-3-9-16(12-15)22-2)21-11-5-8-14-6-4-10-17(19)18(14)20/h3-4,6-7,9-10,12-13,21H,5,8,11H2,1-2H3. The summed E-state index contributed by atoms with van der Waals surface area (Å²) in [5.41, 5.74) is 2.32. The first-order valence-corrected chi connectivity index (χ1v) is 8.17. The van der Waals surface area contributed by atoms with E-state index in [1.807, 2.05) is 30.3 Å². The maximum atomic E-state index is 6.20. The highest BCUT2D eigenvalue weighted by Crippen LogP contribution is 2.26. The average Bonchev–Trinajstić information content (AvgIpc) is 2.55. The first-order chi connectivity index (χ1) is 10.6. The fraction of sp³-hybridized carbons (Fsp3) is 0.333. The summed E-state index contributed by atoms with van der Waals surface area (Å²) in [7, 11) is 1.69. The van der Waals surface area contributed by atoms with Gasteiger partial charge in [-0.3, -0.25) is 0 Å². The minimum Gasteiger partial charge on any atom is -0.497 e. The van der Waals surface area contributed by atoms with Crippen LogP contribution in [0, 0.1) is 0 Å². The summed E-state index contributed by atoms with van der Waals surface area (Å²) in [4.78, 5) is 0. The largest absolute Gasteiger partial charge is 0.497 e. The molecule has 0 saturated heterocycles. The lowest BCUT2D eigenvalue weighted by Crippen LogP contribution is -2.20. The van der Waals surface area contributed by atoms with Crippen LogP contribution in [0.4, 0.5) is 0 Å². The van der Waals surface area contributed by atoms with Gasteiger partial charge >= 0.3 is 0 Å². The summed E-state index contributed by atoms with van der Waals surface area (Å²) < 4.78 is 5.26. The summed E-state index contributed by atoms with van der Waals surface area (Å²) in [6.45, 7) is 3.07. The van der Waals surface area contributed by atoms with Crippen LogP contribution < -0.4 is 10.1 Å². The lowest BCUT2D eigenvalue weighted by atomic mass is 10.1. The first-order valence-electron chi connectivity index (χ1n) is 7.42. The van der Waals surface area contributed by atoms with Gasteiger partial charge in [-0.25, -0.2) is 0 Å². The maximum Gasteiger partial charge on any atom is 0.119 e. The predicted octanol–water partition coefficient (Wildman–Crippen LogP) is 5.29. The molecule has 22 heavy (non-hydrogen) atoms. The Hall–Kier alpha value is -1.22. The molecule has 2 aromatic carbocycles. The molecule has 0 heterocycles. The molecule has 2 rings (SSSR count). The van der Waals surface area contributed by atoms with Crippen molar-refractivity contribution in [1.82, 2.24) is 5.32 Å². The minimum atomic E-state index is 0.282. The van der Waals surface area contributed by atoms with Gasteiger partial charge in [0.1, 0.15) is 5.75 Å². The van der Waals surface area contributed by atoms with E-state index in [0.717, 1.165) is 30.7 Å². The molecule has 0 aliphatic heterocycles. The minimum absolute atomic E-state index is 0.282. The van der Waals surface area contributed by atoms with E-state index in [1.54, 1.807) is 7.11 Å². The van der Waals surface area contributed by atoms with Crippen LogP contribution in [0.2, 0.25) is 10.0 Å². The monoisotopic (exact) mass is 337 g/mol. The van der Waals surface area contributed by atoms with Gasteiger partial charge in [0.2, 0.25) is 0 Å². The van der Waals surface area contributed by atoms with Crippen LogP contribution in [0.15, 0.2) is 42.5 Å². The molecule has 2 aromatic rings. The third-order valence-electron chi connectivity index (χ3n) is 3.70. The summed E-state index contributed by atoms with van der Waals surface area (Å²) in [5.74, 6) is 0.886. The molecule has 0 spiro atoms. The zero-order valence-corrected chi connectivity index (χ0v) is 14.4. The number of aryl methyl sites for hydroxylation is 1. The third-order valence-corrected chi connectivity index (χ3v) is 4.56. The Labute approximate surface area is 142 Å². The molecule has 1 atom stereocenters. The lowest BCUT2D eigenvalue weighted by Gasteiger charge is -2.15. The van der Waals surface area contributed by atoms with E-state index in [-0.39, 0.29) is 6.04 Å². The van der Waals surface area contributed by atoms with E-state index in [0.29, 0.717) is 10.0 Å². The molecule has 4 heteroatoms. The number of hydrogen-bond donors (Lipinski definition) is 1. The second-order valence-electron chi connectivity index (χ2n) is 5.27. The molecule has 0 aliphatic carbocycles. The lowest BCUT2D eigenvalue weighted by molar-refractivity contribution is 0.413. The SMILES string of the molecule is COc1cccc(C(C)NCCCc2cccc(Cl)c2Cl)c1. The van der Waals surface area contributed by atoms with Gasteiger partial charge in [-0.15, -0.1) is 0 Å². The van der Waals surface area contributed by atoms with Gasteiger partial charge in [-0.2, -0.15) is 0 Å². The molecule has 0 saturated carbocycles. The predicted molar refractivity (Wildman–Crippen MR) is 94.2 cm³/mol. The van der Waals surface area contributed by atoms with Gasteiger partial charge in [0.25, 0.3) is 0 Å². The summed E-state index contributed by atoms with van der Waals surface area (Å²) >= 11 is 12.2. The number of ether oxygens (including phenoxy) is 1. The molecule has 1 unspecified atom stereocenters. The van der Waals surface area contributed by atoms with Crippen LogP contribution in [0.5, 0.6) is 5.75 Å². The topological polar surface area (TPSA) is 21.3 Å². The van der Waals surface area contributed by atoms with Crippen molar-refractivity contribution < 1.29 is 4.74 Å². The summed E-state index contributed by atoms with van der Waals surface area (Å²) in [5, 5.41) is 4.82. The van der Waals surface area contributed by atoms with Gasteiger partial charge in [0, 0.05) is 6.04 Å². The van der Waals surface area contributed by atoms with Crippen LogP contribution >= 0.6 is 23.2 Å². The molecular weight excluding hydrogens is 317 g/mol. The molecule has 0 fully saturated rings. The second kappa shape index (κ2) is 8.42. The highest BCUT2D eigenvalue weighted by atomic mass is 35.5. The van der Waals surface area contributed by atoms with Crippen molar-refractivity contribution in [2.75, 3.05) is 13.7 Å². The fourth-order valence-corrected chi connectivity index (χ4v) is 2.78. The Morgan fingerprint density at radius 2 is 1.91 bits per heavy atom. The van der Waals surface area contributed by atoms with Gasteiger partial charge in [-0.1, -0.05) is 47.5 Å². The van der Waals surface area contributed by atoms with Crippen molar-refractivity contribution in [2.45, 2.75) is 25.8 Å². The van der Waals surface area contributed by atoms with Crippen molar-refractivity contribution in [3.63, 3.8) is 0 Å². The van der Waals surface area contributed by atoms with Crippen LogP contribution in [0.1, 0.15) is 30.5 Å². The molecule has 1 N–H and O–H groups in total. The van der Waals surface area contributed by atoms with Crippen LogP contribution in [-0.4, -0.2) is 13.7 Å². The van der Waals surface area contributed by atoms with E-state index in [2.05, 4.69) is 24.4 Å². The Balaban J connectivity index is 1.82. The maximum absolute atomic E-state index is 6.20. The number of rotatable bonds is 7. The molecule has 2 nitrogen and oxygen atoms in total. The number of hydrogen-bond acceptors (Lipinski definition) is 2. The van der Waals surface area contributed by atoms with Gasteiger partial charge in [0.05, 0.1) is 17.2 Å². The van der Waals surface area contributed by atoms with Crippen molar-refractivity contribution in [1.29, 1.82) is 0 Å². The smallest absolute Gasteiger partial charge is 0.119 e. The quantitative estimate of drug-likeness (QED) is 0.693. The first kappa shape index (κ1) is 17.1. The van der Waals surface area contributed by atoms with Crippen molar-refractivity contribution >= 4 is 23.2 Å². The van der Waals surface area contributed by atoms with E-state index < -0.39 is 0 Å². The van der Waals surface area contributed by atoms with E-state index in [4.69, 9.17) is 27.9 Å². The summed E-state index contributed by atoms with van der Waals surface area (Å²) in [6, 6.07) is 14.2. The van der Waals surface area contributed by atoms with E-state index in [9.17, 15) is 0 Å². The van der Waals surface area contributed by atoms with Crippen molar-refractivity contribution in [2.24, 2.45) is 0 Å². The molecule has 0 bridgehead atoms. The van der Waals surface area contributed by atoms with Gasteiger partial charge in [0.15, 0.2) is 0 Å². The molecule has 0 aromatic heterocycles. The number of benzene rings is 2. The third kappa shape index (κ3) is 4.64. The molecule has 0 aliphatic rings. The van der Waals surface area contributed by atoms with E-state index in [1.165, 1.54) is 5.56 Å². The summed E-state index contributed by atoms with van der Waals surface area (Å²) in [6.07, 6.45) is 1.92. The molecule has 118 valence electrons.